The van der Waals surface area contributed by atoms with Gasteiger partial charge in [0.1, 0.15) is 12.4 Å². The first kappa shape index (κ1) is 14.6. The standard InChI is InChI=1S/C16H15BrO3/c1-11-6-7-15(14(17)8-11)20-10-13-5-3-2-4-12(13)9-16(18)19/h2-8H,9-10H2,1H3,(H,18,19). The number of aryl methyl sites for hydroxylation is 1. The van der Waals surface area contributed by atoms with Gasteiger partial charge in [0.2, 0.25) is 0 Å². The van der Waals surface area contributed by atoms with Crippen molar-refractivity contribution < 1.29 is 14.6 Å². The second-order valence-electron chi connectivity index (χ2n) is 4.56. The summed E-state index contributed by atoms with van der Waals surface area (Å²) < 4.78 is 6.66. The molecular weight excluding hydrogens is 320 g/mol. The van der Waals surface area contributed by atoms with Gasteiger partial charge in [-0.25, -0.2) is 0 Å². The summed E-state index contributed by atoms with van der Waals surface area (Å²) in [7, 11) is 0. The summed E-state index contributed by atoms with van der Waals surface area (Å²) in [5.41, 5.74) is 2.82. The second kappa shape index (κ2) is 6.57. The van der Waals surface area contributed by atoms with Crippen LogP contribution in [0.3, 0.4) is 0 Å². The van der Waals surface area contributed by atoms with Crippen LogP contribution in [0.25, 0.3) is 0 Å². The summed E-state index contributed by atoms with van der Waals surface area (Å²) >= 11 is 3.46. The monoisotopic (exact) mass is 334 g/mol. The molecule has 0 fully saturated rings. The van der Waals surface area contributed by atoms with E-state index in [1.54, 1.807) is 0 Å². The smallest absolute Gasteiger partial charge is 0.307 e. The zero-order valence-electron chi connectivity index (χ0n) is 11.1. The normalized spacial score (nSPS) is 10.3. The third-order valence-corrected chi connectivity index (χ3v) is 3.55. The molecule has 0 unspecified atom stereocenters. The minimum Gasteiger partial charge on any atom is -0.488 e. The molecule has 2 aromatic carbocycles. The number of carboxylic acid groups (broad SMARTS) is 1. The molecule has 0 aromatic heterocycles. The molecule has 2 aromatic rings. The number of aliphatic carboxylic acids is 1. The van der Waals surface area contributed by atoms with Crippen LogP contribution in [-0.2, 0) is 17.8 Å². The van der Waals surface area contributed by atoms with Crippen LogP contribution in [0.5, 0.6) is 5.75 Å². The van der Waals surface area contributed by atoms with Crippen molar-refractivity contribution >= 4 is 21.9 Å². The molecule has 1 N–H and O–H groups in total. The van der Waals surface area contributed by atoms with E-state index >= 15 is 0 Å². The Bertz CT molecular complexity index is 623. The maximum atomic E-state index is 10.8. The van der Waals surface area contributed by atoms with Crippen molar-refractivity contribution in [2.24, 2.45) is 0 Å². The molecular formula is C16H15BrO3. The lowest BCUT2D eigenvalue weighted by Crippen LogP contribution is -2.06. The summed E-state index contributed by atoms with van der Waals surface area (Å²) in [6.07, 6.45) is 0.00853. The number of rotatable bonds is 5. The summed E-state index contributed by atoms with van der Waals surface area (Å²) in [6, 6.07) is 13.3. The minimum absolute atomic E-state index is 0.00853. The average molecular weight is 335 g/mol. The molecule has 0 spiro atoms. The Hall–Kier alpha value is -1.81. The van der Waals surface area contributed by atoms with E-state index in [4.69, 9.17) is 9.84 Å². The Morgan fingerprint density at radius 1 is 1.20 bits per heavy atom. The van der Waals surface area contributed by atoms with E-state index in [0.29, 0.717) is 6.61 Å². The molecule has 4 heteroatoms. The van der Waals surface area contributed by atoms with Gasteiger partial charge in [0, 0.05) is 0 Å². The molecule has 0 amide bonds. The number of benzene rings is 2. The van der Waals surface area contributed by atoms with Gasteiger partial charge in [0.15, 0.2) is 0 Å². The van der Waals surface area contributed by atoms with E-state index in [9.17, 15) is 4.79 Å². The fourth-order valence-corrected chi connectivity index (χ4v) is 2.52. The lowest BCUT2D eigenvalue weighted by atomic mass is 10.1. The molecule has 20 heavy (non-hydrogen) atoms. The molecule has 0 saturated carbocycles. The fourth-order valence-electron chi connectivity index (χ4n) is 1.91. The Balaban J connectivity index is 2.12. The molecule has 0 radical (unpaired) electrons. The Labute approximate surface area is 126 Å². The van der Waals surface area contributed by atoms with Gasteiger partial charge in [0.05, 0.1) is 10.9 Å². The first-order chi connectivity index (χ1) is 9.56. The van der Waals surface area contributed by atoms with E-state index < -0.39 is 5.97 Å². The average Bonchev–Trinajstić information content (AvgIpc) is 2.39. The van der Waals surface area contributed by atoms with Crippen molar-refractivity contribution in [3.8, 4) is 5.75 Å². The second-order valence-corrected chi connectivity index (χ2v) is 5.42. The van der Waals surface area contributed by atoms with E-state index in [0.717, 1.165) is 26.9 Å². The highest BCUT2D eigenvalue weighted by Gasteiger charge is 2.08. The zero-order chi connectivity index (χ0) is 14.5. The molecule has 0 aliphatic rings. The largest absolute Gasteiger partial charge is 0.488 e. The number of hydrogen-bond donors (Lipinski definition) is 1. The quantitative estimate of drug-likeness (QED) is 0.900. The van der Waals surface area contributed by atoms with Gasteiger partial charge in [0.25, 0.3) is 0 Å². The summed E-state index contributed by atoms with van der Waals surface area (Å²) in [5, 5.41) is 8.90. The van der Waals surface area contributed by atoms with Crippen LogP contribution in [0.15, 0.2) is 46.9 Å². The third-order valence-electron chi connectivity index (χ3n) is 2.93. The summed E-state index contributed by atoms with van der Waals surface area (Å²) in [5.74, 6) is -0.0882. The molecule has 0 aliphatic heterocycles. The van der Waals surface area contributed by atoms with Gasteiger partial charge < -0.3 is 9.84 Å². The SMILES string of the molecule is Cc1ccc(OCc2ccccc2CC(=O)O)c(Br)c1. The van der Waals surface area contributed by atoms with Crippen molar-refractivity contribution in [2.75, 3.05) is 0 Å². The highest BCUT2D eigenvalue weighted by Crippen LogP contribution is 2.26. The number of carboxylic acids is 1. The predicted octanol–water partition coefficient (Wildman–Crippen LogP) is 3.96. The lowest BCUT2D eigenvalue weighted by Gasteiger charge is -2.11. The summed E-state index contributed by atoms with van der Waals surface area (Å²) in [6.45, 7) is 2.36. The van der Waals surface area contributed by atoms with Crippen LogP contribution >= 0.6 is 15.9 Å². The first-order valence-electron chi connectivity index (χ1n) is 6.24. The number of halogens is 1. The number of hydrogen-bond acceptors (Lipinski definition) is 2. The fraction of sp³-hybridized carbons (Fsp3) is 0.188. The van der Waals surface area contributed by atoms with Crippen molar-refractivity contribution in [2.45, 2.75) is 20.0 Å². The van der Waals surface area contributed by atoms with Crippen molar-refractivity contribution in [3.05, 3.63) is 63.6 Å². The van der Waals surface area contributed by atoms with Gasteiger partial charge in [-0.2, -0.15) is 0 Å². The molecule has 0 atom stereocenters. The lowest BCUT2D eigenvalue weighted by molar-refractivity contribution is -0.136. The summed E-state index contributed by atoms with van der Waals surface area (Å²) in [4.78, 5) is 10.8. The van der Waals surface area contributed by atoms with Crippen LogP contribution < -0.4 is 4.74 Å². The van der Waals surface area contributed by atoms with Gasteiger partial charge >= 0.3 is 5.97 Å². The van der Waals surface area contributed by atoms with Crippen LogP contribution in [-0.4, -0.2) is 11.1 Å². The van der Waals surface area contributed by atoms with E-state index in [-0.39, 0.29) is 6.42 Å². The molecule has 0 saturated heterocycles. The van der Waals surface area contributed by atoms with Gasteiger partial charge in [-0.15, -0.1) is 0 Å². The van der Waals surface area contributed by atoms with Gasteiger partial charge in [-0.3, -0.25) is 4.79 Å². The highest BCUT2D eigenvalue weighted by molar-refractivity contribution is 9.10. The molecule has 3 nitrogen and oxygen atoms in total. The van der Waals surface area contributed by atoms with Crippen LogP contribution in [0.1, 0.15) is 16.7 Å². The molecule has 0 aliphatic carbocycles. The van der Waals surface area contributed by atoms with Gasteiger partial charge in [-0.1, -0.05) is 30.3 Å². The van der Waals surface area contributed by atoms with Crippen molar-refractivity contribution in [3.63, 3.8) is 0 Å². The van der Waals surface area contributed by atoms with E-state index in [2.05, 4.69) is 15.9 Å². The van der Waals surface area contributed by atoms with Gasteiger partial charge in [-0.05, 0) is 51.7 Å². The first-order valence-corrected chi connectivity index (χ1v) is 7.03. The Morgan fingerprint density at radius 3 is 2.55 bits per heavy atom. The Kier molecular flexibility index (Phi) is 4.79. The third kappa shape index (κ3) is 3.84. The van der Waals surface area contributed by atoms with Crippen molar-refractivity contribution in [1.29, 1.82) is 0 Å². The van der Waals surface area contributed by atoms with E-state index in [1.807, 2.05) is 49.4 Å². The topological polar surface area (TPSA) is 46.5 Å². The highest BCUT2D eigenvalue weighted by atomic mass is 79.9. The van der Waals surface area contributed by atoms with E-state index in [1.165, 1.54) is 0 Å². The van der Waals surface area contributed by atoms with Crippen LogP contribution in [0.4, 0.5) is 0 Å². The minimum atomic E-state index is -0.839. The molecule has 0 bridgehead atoms. The van der Waals surface area contributed by atoms with Crippen LogP contribution in [0.2, 0.25) is 0 Å². The molecule has 0 heterocycles. The van der Waals surface area contributed by atoms with Crippen LogP contribution in [0, 0.1) is 6.92 Å². The Morgan fingerprint density at radius 2 is 1.90 bits per heavy atom. The maximum absolute atomic E-state index is 10.8. The number of ether oxygens (including phenoxy) is 1. The predicted molar refractivity (Wildman–Crippen MR) is 81.0 cm³/mol. The molecule has 2 rings (SSSR count). The molecule has 104 valence electrons. The zero-order valence-corrected chi connectivity index (χ0v) is 12.7. The maximum Gasteiger partial charge on any atom is 0.307 e. The number of carbonyl (C=O) groups is 1. The van der Waals surface area contributed by atoms with Crippen molar-refractivity contribution in [1.82, 2.24) is 0 Å².